The number of hydrogen-bond acceptors (Lipinski definition) is 5. The zero-order chi connectivity index (χ0) is 22.1. The van der Waals surface area contributed by atoms with Crippen molar-refractivity contribution in [2.45, 2.75) is 19.9 Å². The van der Waals surface area contributed by atoms with Crippen LogP contribution in [0.2, 0.25) is 0 Å². The number of carbonyl (C=O) groups excluding carboxylic acids is 1. The molecule has 1 aliphatic heterocycles. The fourth-order valence-corrected chi connectivity index (χ4v) is 4.29. The number of nitrogens with zero attached hydrogens (tertiary/aromatic N) is 3. The third-order valence-corrected chi connectivity index (χ3v) is 6.15. The molecule has 1 aliphatic rings. The molecule has 1 amide bonds. The van der Waals surface area contributed by atoms with Gasteiger partial charge in [-0.05, 0) is 42.9 Å². The summed E-state index contributed by atoms with van der Waals surface area (Å²) in [4.78, 5) is 33.0. The van der Waals surface area contributed by atoms with E-state index in [2.05, 4.69) is 18.7 Å². The number of benzene rings is 2. The van der Waals surface area contributed by atoms with Gasteiger partial charge >= 0.3 is 0 Å². The van der Waals surface area contributed by atoms with Crippen LogP contribution in [0.5, 0.6) is 0 Å². The molecule has 0 bridgehead atoms. The minimum atomic E-state index is -0.449. The summed E-state index contributed by atoms with van der Waals surface area (Å²) in [5, 5.41) is 0.509. The Balaban J connectivity index is 1.84. The summed E-state index contributed by atoms with van der Waals surface area (Å²) < 4.78 is 5.99. The largest absolute Gasteiger partial charge is 0.450 e. The maximum absolute atomic E-state index is 13.5. The van der Waals surface area contributed by atoms with Crippen LogP contribution in [0.4, 0.5) is 5.69 Å². The van der Waals surface area contributed by atoms with Crippen LogP contribution in [0.1, 0.15) is 41.6 Å². The molecule has 0 saturated heterocycles. The Kier molecular flexibility index (Phi) is 5.83. The van der Waals surface area contributed by atoms with Crippen molar-refractivity contribution in [3.8, 4) is 0 Å². The smallest absolute Gasteiger partial charge is 0.290 e. The van der Waals surface area contributed by atoms with Crippen LogP contribution in [0.15, 0.2) is 57.7 Å². The first-order valence-electron chi connectivity index (χ1n) is 10.8. The van der Waals surface area contributed by atoms with Crippen molar-refractivity contribution in [3.63, 3.8) is 0 Å². The van der Waals surface area contributed by atoms with Gasteiger partial charge in [0.15, 0.2) is 5.43 Å². The Hall–Kier alpha value is -3.12. The lowest BCUT2D eigenvalue weighted by molar-refractivity contribution is 0.0708. The molecule has 162 valence electrons. The third kappa shape index (κ3) is 3.72. The maximum atomic E-state index is 13.5. The molecule has 2 aromatic carbocycles. The molecule has 31 heavy (non-hydrogen) atoms. The number of rotatable bonds is 7. The van der Waals surface area contributed by atoms with Gasteiger partial charge in [0.1, 0.15) is 5.58 Å². The highest BCUT2D eigenvalue weighted by Gasteiger charge is 2.42. The predicted molar refractivity (Wildman–Crippen MR) is 124 cm³/mol. The van der Waals surface area contributed by atoms with Crippen LogP contribution in [0.3, 0.4) is 0 Å². The SMILES string of the molecule is CCN(CC)CCN1C(=O)c2oc3ccccc3c(=O)c2C1c1ccc(N(C)C)cc1. The fraction of sp³-hybridized carbons (Fsp3) is 0.360. The van der Waals surface area contributed by atoms with Crippen molar-refractivity contribution < 1.29 is 9.21 Å². The molecule has 2 heterocycles. The Morgan fingerprint density at radius 2 is 1.65 bits per heavy atom. The fourth-order valence-electron chi connectivity index (χ4n) is 4.29. The highest BCUT2D eigenvalue weighted by atomic mass is 16.3. The van der Waals surface area contributed by atoms with E-state index >= 15 is 0 Å². The molecule has 1 atom stereocenters. The monoisotopic (exact) mass is 419 g/mol. The first-order valence-corrected chi connectivity index (χ1v) is 10.8. The van der Waals surface area contributed by atoms with Gasteiger partial charge in [-0.25, -0.2) is 0 Å². The molecule has 1 aromatic heterocycles. The predicted octanol–water partition coefficient (Wildman–Crippen LogP) is 3.75. The zero-order valence-electron chi connectivity index (χ0n) is 18.6. The number of likely N-dealkylation sites (N-methyl/N-ethyl adjacent to an activating group) is 1. The second-order valence-electron chi connectivity index (χ2n) is 8.08. The number of fused-ring (bicyclic) bond motifs is 2. The van der Waals surface area contributed by atoms with Crippen molar-refractivity contribution in [2.75, 3.05) is 45.2 Å². The lowest BCUT2D eigenvalue weighted by Crippen LogP contribution is -2.37. The molecular formula is C25H29N3O3. The van der Waals surface area contributed by atoms with Gasteiger partial charge in [0.05, 0.1) is 17.0 Å². The first-order chi connectivity index (χ1) is 15.0. The molecule has 0 fully saturated rings. The van der Waals surface area contributed by atoms with Crippen molar-refractivity contribution >= 4 is 22.6 Å². The van der Waals surface area contributed by atoms with Gasteiger partial charge in [0.25, 0.3) is 5.91 Å². The van der Waals surface area contributed by atoms with Crippen LogP contribution in [-0.4, -0.2) is 56.0 Å². The number of carbonyl (C=O) groups is 1. The molecule has 0 radical (unpaired) electrons. The molecule has 4 rings (SSSR count). The van der Waals surface area contributed by atoms with Crippen LogP contribution < -0.4 is 10.3 Å². The normalized spacial score (nSPS) is 15.7. The van der Waals surface area contributed by atoms with Gasteiger partial charge in [0, 0.05) is 32.9 Å². The summed E-state index contributed by atoms with van der Waals surface area (Å²) in [5.41, 5.74) is 2.75. The van der Waals surface area contributed by atoms with Gasteiger partial charge in [-0.2, -0.15) is 0 Å². The summed E-state index contributed by atoms with van der Waals surface area (Å²) in [6.45, 7) is 7.31. The molecule has 0 N–H and O–H groups in total. The summed E-state index contributed by atoms with van der Waals surface area (Å²) in [5.74, 6) is -0.0448. The van der Waals surface area contributed by atoms with Crippen molar-refractivity contribution in [1.29, 1.82) is 0 Å². The van der Waals surface area contributed by atoms with Crippen LogP contribution >= 0.6 is 0 Å². The van der Waals surface area contributed by atoms with Gasteiger partial charge in [-0.15, -0.1) is 0 Å². The van der Waals surface area contributed by atoms with E-state index in [0.29, 0.717) is 23.1 Å². The van der Waals surface area contributed by atoms with E-state index in [1.807, 2.05) is 55.4 Å². The highest BCUT2D eigenvalue weighted by Crippen LogP contribution is 2.38. The van der Waals surface area contributed by atoms with Crippen molar-refractivity contribution in [3.05, 3.63) is 75.6 Å². The van der Waals surface area contributed by atoms with E-state index in [1.165, 1.54) is 0 Å². The van der Waals surface area contributed by atoms with E-state index in [0.717, 1.165) is 30.9 Å². The third-order valence-electron chi connectivity index (χ3n) is 6.15. The topological polar surface area (TPSA) is 57.0 Å². The average molecular weight is 420 g/mol. The Bertz CT molecular complexity index is 1150. The molecule has 1 unspecified atom stereocenters. The first kappa shape index (κ1) is 21.1. The summed E-state index contributed by atoms with van der Waals surface area (Å²) in [6.07, 6.45) is 0. The molecule has 0 aliphatic carbocycles. The second-order valence-corrected chi connectivity index (χ2v) is 8.08. The van der Waals surface area contributed by atoms with E-state index in [4.69, 9.17) is 4.42 Å². The summed E-state index contributed by atoms with van der Waals surface area (Å²) in [6, 6.07) is 14.7. The lowest BCUT2D eigenvalue weighted by Gasteiger charge is -2.28. The Morgan fingerprint density at radius 1 is 0.968 bits per heavy atom. The number of hydrogen-bond donors (Lipinski definition) is 0. The van der Waals surface area contributed by atoms with Gasteiger partial charge in [-0.1, -0.05) is 38.1 Å². The van der Waals surface area contributed by atoms with E-state index in [1.54, 1.807) is 17.0 Å². The molecule has 3 aromatic rings. The molecule has 0 spiro atoms. The average Bonchev–Trinajstić information content (AvgIpc) is 3.06. The Labute approximate surface area is 182 Å². The van der Waals surface area contributed by atoms with Gasteiger partial charge < -0.3 is 19.1 Å². The van der Waals surface area contributed by atoms with Gasteiger partial charge in [0.2, 0.25) is 5.76 Å². The summed E-state index contributed by atoms with van der Waals surface area (Å²) in [7, 11) is 3.97. The van der Waals surface area contributed by atoms with E-state index in [9.17, 15) is 9.59 Å². The molecular weight excluding hydrogens is 390 g/mol. The zero-order valence-corrected chi connectivity index (χ0v) is 18.6. The maximum Gasteiger partial charge on any atom is 0.290 e. The quantitative estimate of drug-likeness (QED) is 0.584. The molecule has 6 heteroatoms. The van der Waals surface area contributed by atoms with E-state index in [-0.39, 0.29) is 17.1 Å². The molecule has 0 saturated carbocycles. The van der Waals surface area contributed by atoms with Crippen LogP contribution in [0.25, 0.3) is 11.0 Å². The Morgan fingerprint density at radius 3 is 2.29 bits per heavy atom. The highest BCUT2D eigenvalue weighted by molar-refractivity contribution is 5.99. The number of para-hydroxylation sites is 1. The minimum Gasteiger partial charge on any atom is -0.450 e. The summed E-state index contributed by atoms with van der Waals surface area (Å²) >= 11 is 0. The van der Waals surface area contributed by atoms with Crippen LogP contribution in [-0.2, 0) is 0 Å². The van der Waals surface area contributed by atoms with Crippen molar-refractivity contribution in [1.82, 2.24) is 9.80 Å². The lowest BCUT2D eigenvalue weighted by atomic mass is 9.98. The van der Waals surface area contributed by atoms with Crippen LogP contribution in [0, 0.1) is 0 Å². The second kappa shape index (κ2) is 8.55. The van der Waals surface area contributed by atoms with Gasteiger partial charge in [-0.3, -0.25) is 9.59 Å². The standard InChI is InChI=1S/C25H29N3O3/c1-5-27(6-2)15-16-28-22(17-11-13-18(14-12-17)26(3)4)21-23(29)19-9-7-8-10-20(19)31-24(21)25(28)30/h7-14,22H,5-6,15-16H2,1-4H3. The minimum absolute atomic E-state index is 0.128. The van der Waals surface area contributed by atoms with E-state index < -0.39 is 6.04 Å². The molecule has 6 nitrogen and oxygen atoms in total. The number of amides is 1. The van der Waals surface area contributed by atoms with Crippen molar-refractivity contribution in [2.24, 2.45) is 0 Å². The number of anilines is 1.